The predicted molar refractivity (Wildman–Crippen MR) is 70.3 cm³/mol. The average molecular weight is 297 g/mol. The Hall–Kier alpha value is -0.480. The lowest BCUT2D eigenvalue weighted by Crippen LogP contribution is -2.39. The highest BCUT2D eigenvalue weighted by Gasteiger charge is 2.16. The first-order valence-electron chi connectivity index (χ1n) is 4.90. The van der Waals surface area contributed by atoms with Crippen LogP contribution in [0, 0.1) is 0 Å². The third-order valence-electron chi connectivity index (χ3n) is 2.09. The summed E-state index contributed by atoms with van der Waals surface area (Å²) in [5, 5.41) is 3.29. The van der Waals surface area contributed by atoms with Crippen molar-refractivity contribution < 1.29 is 9.53 Å². The normalized spacial score (nSPS) is 12.2. The minimum atomic E-state index is -0.319. The van der Waals surface area contributed by atoms with Crippen LogP contribution in [0.4, 0.5) is 0 Å². The Balaban J connectivity index is 2.79. The van der Waals surface area contributed by atoms with Crippen molar-refractivity contribution in [1.82, 2.24) is 5.32 Å². The minimum Gasteiger partial charge on any atom is -0.383 e. The number of hydrogen-bond acceptors (Lipinski definition) is 2. The standard InChI is InChI=1S/C11H12Cl3NO2/c1-17-6-7(5-12)15-11(16)8-3-2-4-9(13)10(8)14/h2-4,7H,5-6H2,1H3,(H,15,16). The Kier molecular flexibility index (Phi) is 6.06. The monoisotopic (exact) mass is 295 g/mol. The highest BCUT2D eigenvalue weighted by molar-refractivity contribution is 6.43. The lowest BCUT2D eigenvalue weighted by molar-refractivity contribution is 0.0907. The molecule has 0 aromatic heterocycles. The summed E-state index contributed by atoms with van der Waals surface area (Å²) in [5.74, 6) is -0.0576. The number of nitrogens with one attached hydrogen (secondary N) is 1. The second kappa shape index (κ2) is 7.07. The molecule has 1 unspecified atom stereocenters. The molecule has 1 aromatic rings. The molecule has 1 amide bonds. The van der Waals surface area contributed by atoms with Crippen molar-refractivity contribution in [3.8, 4) is 0 Å². The molecule has 6 heteroatoms. The summed E-state index contributed by atoms with van der Waals surface area (Å²) in [6, 6.07) is 4.62. The molecule has 17 heavy (non-hydrogen) atoms. The molecule has 94 valence electrons. The van der Waals surface area contributed by atoms with Gasteiger partial charge in [0.25, 0.3) is 5.91 Å². The Morgan fingerprint density at radius 1 is 1.47 bits per heavy atom. The summed E-state index contributed by atoms with van der Waals surface area (Å²) in [6.45, 7) is 0.341. The first-order chi connectivity index (χ1) is 8.10. The quantitative estimate of drug-likeness (QED) is 0.848. The third kappa shape index (κ3) is 4.03. The minimum absolute atomic E-state index is 0.234. The van der Waals surface area contributed by atoms with Gasteiger partial charge in [0.15, 0.2) is 0 Å². The van der Waals surface area contributed by atoms with E-state index in [9.17, 15) is 4.79 Å². The van der Waals surface area contributed by atoms with Gasteiger partial charge in [0.2, 0.25) is 0 Å². The van der Waals surface area contributed by atoms with Crippen LogP contribution < -0.4 is 5.32 Å². The Labute approximate surface area is 115 Å². The Morgan fingerprint density at radius 2 is 2.18 bits per heavy atom. The van der Waals surface area contributed by atoms with E-state index in [0.29, 0.717) is 17.2 Å². The molecule has 1 rings (SSSR count). The van der Waals surface area contributed by atoms with E-state index in [1.165, 1.54) is 7.11 Å². The van der Waals surface area contributed by atoms with E-state index in [2.05, 4.69) is 5.32 Å². The number of alkyl halides is 1. The van der Waals surface area contributed by atoms with Crippen molar-refractivity contribution in [2.45, 2.75) is 6.04 Å². The molecule has 0 heterocycles. The second-order valence-corrected chi connectivity index (χ2v) is 4.48. The van der Waals surface area contributed by atoms with Gasteiger partial charge in [0.1, 0.15) is 0 Å². The van der Waals surface area contributed by atoms with Crippen LogP contribution in [0.15, 0.2) is 18.2 Å². The molecular weight excluding hydrogens is 284 g/mol. The summed E-state index contributed by atoms with van der Waals surface area (Å²) >= 11 is 17.5. The van der Waals surface area contributed by atoms with E-state index in [1.807, 2.05) is 0 Å². The molecule has 0 spiro atoms. The maximum atomic E-state index is 11.9. The van der Waals surface area contributed by atoms with Crippen LogP contribution in [0.5, 0.6) is 0 Å². The molecular formula is C11H12Cl3NO2. The van der Waals surface area contributed by atoms with Crippen LogP contribution in [0.3, 0.4) is 0 Å². The number of amides is 1. The first-order valence-corrected chi connectivity index (χ1v) is 6.19. The highest BCUT2D eigenvalue weighted by Crippen LogP contribution is 2.25. The zero-order valence-corrected chi connectivity index (χ0v) is 11.4. The van der Waals surface area contributed by atoms with Crippen LogP contribution in [0.25, 0.3) is 0 Å². The van der Waals surface area contributed by atoms with Crippen molar-refractivity contribution in [2.75, 3.05) is 19.6 Å². The van der Waals surface area contributed by atoms with Crippen LogP contribution in [-0.4, -0.2) is 31.5 Å². The first kappa shape index (κ1) is 14.6. The van der Waals surface area contributed by atoms with E-state index in [4.69, 9.17) is 39.5 Å². The number of hydrogen-bond donors (Lipinski definition) is 1. The molecule has 0 saturated heterocycles. The van der Waals surface area contributed by atoms with Crippen molar-refractivity contribution in [1.29, 1.82) is 0 Å². The highest BCUT2D eigenvalue weighted by atomic mass is 35.5. The fourth-order valence-electron chi connectivity index (χ4n) is 1.27. The number of ether oxygens (including phenoxy) is 1. The van der Waals surface area contributed by atoms with Crippen molar-refractivity contribution in [2.24, 2.45) is 0 Å². The average Bonchev–Trinajstić information content (AvgIpc) is 2.31. The molecule has 0 aliphatic heterocycles. The molecule has 1 N–H and O–H groups in total. The zero-order valence-electron chi connectivity index (χ0n) is 9.17. The molecule has 1 atom stereocenters. The molecule has 0 aliphatic carbocycles. The maximum absolute atomic E-state index is 11.9. The van der Waals surface area contributed by atoms with Gasteiger partial charge in [0, 0.05) is 13.0 Å². The van der Waals surface area contributed by atoms with Crippen molar-refractivity contribution >= 4 is 40.7 Å². The van der Waals surface area contributed by atoms with Crippen LogP contribution in [-0.2, 0) is 4.74 Å². The van der Waals surface area contributed by atoms with Gasteiger partial charge in [-0.1, -0.05) is 29.3 Å². The van der Waals surface area contributed by atoms with Crippen molar-refractivity contribution in [3.63, 3.8) is 0 Å². The lowest BCUT2D eigenvalue weighted by atomic mass is 10.2. The Bertz CT molecular complexity index is 398. The van der Waals surface area contributed by atoms with E-state index in [-0.39, 0.29) is 22.9 Å². The molecule has 3 nitrogen and oxygen atoms in total. The fraction of sp³-hybridized carbons (Fsp3) is 0.364. The van der Waals surface area contributed by atoms with E-state index in [0.717, 1.165) is 0 Å². The number of benzene rings is 1. The second-order valence-electron chi connectivity index (χ2n) is 3.38. The predicted octanol–water partition coefficient (Wildman–Crippen LogP) is 2.98. The van der Waals surface area contributed by atoms with Gasteiger partial charge in [-0.2, -0.15) is 0 Å². The maximum Gasteiger partial charge on any atom is 0.253 e. The van der Waals surface area contributed by atoms with Crippen LogP contribution >= 0.6 is 34.8 Å². The molecule has 0 aliphatic rings. The Morgan fingerprint density at radius 3 is 2.76 bits per heavy atom. The number of rotatable bonds is 5. The number of halogens is 3. The SMILES string of the molecule is COCC(CCl)NC(=O)c1cccc(Cl)c1Cl. The van der Waals surface area contributed by atoms with E-state index < -0.39 is 0 Å². The summed E-state index contributed by atoms with van der Waals surface area (Å²) in [7, 11) is 1.54. The van der Waals surface area contributed by atoms with Crippen LogP contribution in [0.2, 0.25) is 10.0 Å². The van der Waals surface area contributed by atoms with Gasteiger partial charge in [-0.05, 0) is 12.1 Å². The largest absolute Gasteiger partial charge is 0.383 e. The molecule has 0 bridgehead atoms. The van der Waals surface area contributed by atoms with Gasteiger partial charge >= 0.3 is 0 Å². The molecule has 0 saturated carbocycles. The van der Waals surface area contributed by atoms with Gasteiger partial charge in [-0.3, -0.25) is 4.79 Å². The summed E-state index contributed by atoms with van der Waals surface area (Å²) in [5.41, 5.74) is 0.324. The van der Waals surface area contributed by atoms with Crippen LogP contribution in [0.1, 0.15) is 10.4 Å². The zero-order chi connectivity index (χ0) is 12.8. The number of carbonyl (C=O) groups is 1. The summed E-state index contributed by atoms with van der Waals surface area (Å²) in [6.07, 6.45) is 0. The number of methoxy groups -OCH3 is 1. The third-order valence-corrected chi connectivity index (χ3v) is 3.28. The fourth-order valence-corrected chi connectivity index (χ4v) is 1.82. The topological polar surface area (TPSA) is 38.3 Å². The number of carbonyl (C=O) groups excluding carboxylic acids is 1. The van der Waals surface area contributed by atoms with E-state index in [1.54, 1.807) is 18.2 Å². The smallest absolute Gasteiger partial charge is 0.253 e. The summed E-state index contributed by atoms with van der Waals surface area (Å²) in [4.78, 5) is 11.9. The van der Waals surface area contributed by atoms with Gasteiger partial charge < -0.3 is 10.1 Å². The van der Waals surface area contributed by atoms with E-state index >= 15 is 0 Å². The van der Waals surface area contributed by atoms with Gasteiger partial charge in [0.05, 0.1) is 28.3 Å². The molecule has 1 aromatic carbocycles. The molecule has 0 radical (unpaired) electrons. The van der Waals surface area contributed by atoms with Gasteiger partial charge in [-0.25, -0.2) is 0 Å². The summed E-state index contributed by atoms with van der Waals surface area (Å²) < 4.78 is 4.93. The van der Waals surface area contributed by atoms with Crippen molar-refractivity contribution in [3.05, 3.63) is 33.8 Å². The van der Waals surface area contributed by atoms with Gasteiger partial charge in [-0.15, -0.1) is 11.6 Å². The molecule has 0 fully saturated rings. The lowest BCUT2D eigenvalue weighted by Gasteiger charge is -2.15.